The molecule has 8 nitrogen and oxygen atoms in total. The topological polar surface area (TPSA) is 103 Å². The third-order valence-corrected chi connectivity index (χ3v) is 2.71. The molecule has 0 aromatic carbocycles. The molecule has 0 unspecified atom stereocenters. The fourth-order valence-corrected chi connectivity index (χ4v) is 1.75. The number of nitrogens with one attached hydrogen (secondary N) is 1. The van der Waals surface area contributed by atoms with Gasteiger partial charge in [-0.1, -0.05) is 5.16 Å². The summed E-state index contributed by atoms with van der Waals surface area (Å²) in [6.07, 6.45) is 1.23. The van der Waals surface area contributed by atoms with E-state index in [0.717, 1.165) is 0 Å². The molecular weight excluding hydrogens is 290 g/mol. The van der Waals surface area contributed by atoms with Gasteiger partial charge >= 0.3 is 11.8 Å². The van der Waals surface area contributed by atoms with Gasteiger partial charge < -0.3 is 14.8 Å². The van der Waals surface area contributed by atoms with Gasteiger partial charge in [-0.15, -0.1) is 0 Å². The van der Waals surface area contributed by atoms with Crippen LogP contribution in [0.3, 0.4) is 0 Å². The monoisotopic (exact) mass is 313 g/mol. The minimum absolute atomic E-state index is 0.0351. The Morgan fingerprint density at radius 3 is 2.59 bits per heavy atom. The number of Topliss-reactive ketones (excluding diaryl/α,β-unsaturated/α-hetero) is 1. The molecule has 0 fully saturated rings. The van der Waals surface area contributed by atoms with Gasteiger partial charge in [-0.25, -0.2) is 9.59 Å². The fraction of sp³-hybridized carbons (Fsp3) is 0.714. The zero-order valence-electron chi connectivity index (χ0n) is 13.5. The number of alkyl carbamates (subject to hydrolysis) is 1. The lowest BCUT2D eigenvalue weighted by Crippen LogP contribution is -2.33. The lowest BCUT2D eigenvalue weighted by atomic mass is 10.2. The number of ketones is 1. The van der Waals surface area contributed by atoms with Gasteiger partial charge in [-0.2, -0.15) is 0 Å². The molecule has 0 bridgehead atoms. The van der Waals surface area contributed by atoms with E-state index in [1.165, 1.54) is 11.5 Å². The summed E-state index contributed by atoms with van der Waals surface area (Å²) in [5.41, 5.74) is -0.597. The third-order valence-electron chi connectivity index (χ3n) is 2.71. The maximum absolute atomic E-state index is 11.6. The summed E-state index contributed by atoms with van der Waals surface area (Å²) >= 11 is 0. The highest BCUT2D eigenvalue weighted by Gasteiger charge is 2.17. The van der Waals surface area contributed by atoms with Crippen LogP contribution in [0.2, 0.25) is 0 Å². The largest absolute Gasteiger partial charge is 0.444 e. The summed E-state index contributed by atoms with van der Waals surface area (Å²) < 4.78 is 11.0. The van der Waals surface area contributed by atoms with Gasteiger partial charge in [-0.05, 0) is 40.5 Å². The van der Waals surface area contributed by atoms with Gasteiger partial charge in [0, 0.05) is 13.0 Å². The zero-order chi connectivity index (χ0) is 16.8. The Kier molecular flexibility index (Phi) is 6.33. The van der Waals surface area contributed by atoms with Crippen LogP contribution in [0, 0.1) is 0 Å². The molecule has 1 N–H and O–H groups in total. The maximum Gasteiger partial charge on any atom is 0.441 e. The van der Waals surface area contributed by atoms with Gasteiger partial charge in [0.05, 0.1) is 6.54 Å². The highest BCUT2D eigenvalue weighted by molar-refractivity contribution is 5.75. The van der Waals surface area contributed by atoms with Gasteiger partial charge in [-0.3, -0.25) is 9.09 Å². The molecule has 8 heteroatoms. The number of hydrogen-bond acceptors (Lipinski definition) is 6. The predicted molar refractivity (Wildman–Crippen MR) is 78.4 cm³/mol. The molecule has 0 atom stereocenters. The molecule has 0 aliphatic carbocycles. The van der Waals surface area contributed by atoms with Gasteiger partial charge in [0.25, 0.3) is 0 Å². The first-order chi connectivity index (χ1) is 10.2. The summed E-state index contributed by atoms with van der Waals surface area (Å²) in [7, 11) is 0. The van der Waals surface area contributed by atoms with Crippen molar-refractivity contribution in [2.45, 2.75) is 65.6 Å². The van der Waals surface area contributed by atoms with Gasteiger partial charge in [0.15, 0.2) is 5.82 Å². The van der Waals surface area contributed by atoms with E-state index in [0.29, 0.717) is 31.6 Å². The quantitative estimate of drug-likeness (QED) is 0.767. The van der Waals surface area contributed by atoms with Crippen LogP contribution in [-0.2, 0) is 22.6 Å². The first kappa shape index (κ1) is 17.9. The van der Waals surface area contributed by atoms with E-state index in [9.17, 15) is 14.4 Å². The van der Waals surface area contributed by atoms with Crippen molar-refractivity contribution in [3.8, 4) is 0 Å². The second kappa shape index (κ2) is 7.77. The summed E-state index contributed by atoms with van der Waals surface area (Å²) in [6.45, 7) is 7.23. The minimum Gasteiger partial charge on any atom is -0.444 e. The number of carbonyl (C=O) groups is 2. The van der Waals surface area contributed by atoms with Crippen molar-refractivity contribution < 1.29 is 18.8 Å². The number of nitrogens with zero attached hydrogens (tertiary/aromatic N) is 2. The van der Waals surface area contributed by atoms with E-state index in [-0.39, 0.29) is 12.3 Å². The highest BCUT2D eigenvalue weighted by atomic mass is 16.6. The second-order valence-electron chi connectivity index (χ2n) is 6.03. The Labute approximate surface area is 128 Å². The smallest absolute Gasteiger partial charge is 0.441 e. The Hall–Kier alpha value is -2.12. The summed E-state index contributed by atoms with van der Waals surface area (Å²) in [4.78, 5) is 34.0. The number of carbonyl (C=O) groups excluding carboxylic acids is 2. The molecule has 1 amide bonds. The van der Waals surface area contributed by atoms with Crippen LogP contribution in [0.15, 0.2) is 9.32 Å². The standard InChI is InChI=1S/C14H23N3O5/c1-10(18)7-5-6-8-17-11(16-22-13(17)20)9-15-12(19)21-14(2,3)4/h5-9H2,1-4H3,(H,15,19). The van der Waals surface area contributed by atoms with Gasteiger partial charge in [0.2, 0.25) is 0 Å². The van der Waals surface area contributed by atoms with E-state index >= 15 is 0 Å². The van der Waals surface area contributed by atoms with E-state index in [1.807, 2.05) is 0 Å². The van der Waals surface area contributed by atoms with Crippen LogP contribution in [0.1, 0.15) is 52.8 Å². The Morgan fingerprint density at radius 2 is 2.00 bits per heavy atom. The number of rotatable bonds is 7. The van der Waals surface area contributed by atoms with Crippen molar-refractivity contribution >= 4 is 11.9 Å². The first-order valence-corrected chi connectivity index (χ1v) is 7.21. The van der Waals surface area contributed by atoms with E-state index in [4.69, 9.17) is 4.74 Å². The Bertz CT molecular complexity index is 568. The van der Waals surface area contributed by atoms with Crippen LogP contribution in [-0.4, -0.2) is 27.2 Å². The molecule has 0 aliphatic rings. The summed E-state index contributed by atoms with van der Waals surface area (Å²) in [5, 5.41) is 6.16. The molecule has 1 aromatic rings. The molecular formula is C14H23N3O5. The SMILES string of the molecule is CC(=O)CCCCn1c(CNC(=O)OC(C)(C)C)noc1=O. The molecule has 1 aromatic heterocycles. The summed E-state index contributed by atoms with van der Waals surface area (Å²) in [6, 6.07) is 0. The number of hydrogen-bond donors (Lipinski definition) is 1. The molecule has 0 saturated carbocycles. The number of ether oxygens (including phenoxy) is 1. The van der Waals surface area contributed by atoms with Crippen molar-refractivity contribution in [1.29, 1.82) is 0 Å². The molecule has 1 heterocycles. The van der Waals surface area contributed by atoms with Crippen molar-refractivity contribution in [3.63, 3.8) is 0 Å². The Morgan fingerprint density at radius 1 is 1.32 bits per heavy atom. The first-order valence-electron chi connectivity index (χ1n) is 7.21. The number of amides is 1. The van der Waals surface area contributed by atoms with Crippen molar-refractivity contribution in [2.24, 2.45) is 0 Å². The molecule has 22 heavy (non-hydrogen) atoms. The summed E-state index contributed by atoms with van der Waals surface area (Å²) in [5.74, 6) is -0.146. The molecule has 1 rings (SSSR count). The van der Waals surface area contributed by atoms with Crippen LogP contribution in [0.5, 0.6) is 0 Å². The van der Waals surface area contributed by atoms with Gasteiger partial charge in [0.1, 0.15) is 11.4 Å². The molecule has 0 radical (unpaired) electrons. The van der Waals surface area contributed by atoms with E-state index in [2.05, 4.69) is 15.0 Å². The fourth-order valence-electron chi connectivity index (χ4n) is 1.75. The van der Waals surface area contributed by atoms with E-state index in [1.54, 1.807) is 20.8 Å². The lowest BCUT2D eigenvalue weighted by molar-refractivity contribution is -0.117. The van der Waals surface area contributed by atoms with Crippen LogP contribution in [0.25, 0.3) is 0 Å². The molecule has 0 saturated heterocycles. The van der Waals surface area contributed by atoms with E-state index < -0.39 is 17.5 Å². The van der Waals surface area contributed by atoms with Crippen molar-refractivity contribution in [3.05, 3.63) is 16.4 Å². The molecule has 0 spiro atoms. The molecule has 124 valence electrons. The lowest BCUT2D eigenvalue weighted by Gasteiger charge is -2.19. The predicted octanol–water partition coefficient (Wildman–Crippen LogP) is 1.62. The average molecular weight is 313 g/mol. The highest BCUT2D eigenvalue weighted by Crippen LogP contribution is 2.07. The van der Waals surface area contributed by atoms with Crippen LogP contribution >= 0.6 is 0 Å². The van der Waals surface area contributed by atoms with Crippen LogP contribution in [0.4, 0.5) is 4.79 Å². The van der Waals surface area contributed by atoms with Crippen LogP contribution < -0.4 is 11.1 Å². The number of unbranched alkanes of at least 4 members (excludes halogenated alkanes) is 1. The maximum atomic E-state index is 11.6. The third kappa shape index (κ3) is 6.55. The zero-order valence-corrected chi connectivity index (χ0v) is 13.5. The Balaban J connectivity index is 2.52. The molecule has 0 aliphatic heterocycles. The van der Waals surface area contributed by atoms with Crippen molar-refractivity contribution in [2.75, 3.05) is 0 Å². The second-order valence-corrected chi connectivity index (χ2v) is 6.03. The minimum atomic E-state index is -0.597. The number of aromatic nitrogens is 2. The normalized spacial score (nSPS) is 11.3. The average Bonchev–Trinajstić information content (AvgIpc) is 2.71. The van der Waals surface area contributed by atoms with Crippen molar-refractivity contribution in [1.82, 2.24) is 15.0 Å².